The van der Waals surface area contributed by atoms with Crippen LogP contribution in [0.5, 0.6) is 0 Å². The number of aromatic nitrogens is 1. The summed E-state index contributed by atoms with van der Waals surface area (Å²) in [5.41, 5.74) is 3.72. The van der Waals surface area contributed by atoms with Crippen LogP contribution in [0.25, 0.3) is 11.3 Å². The van der Waals surface area contributed by atoms with Gasteiger partial charge < -0.3 is 10.2 Å². The van der Waals surface area contributed by atoms with Gasteiger partial charge in [0.2, 0.25) is 0 Å². The first kappa shape index (κ1) is 19.8. The third kappa shape index (κ3) is 4.47. The summed E-state index contributed by atoms with van der Waals surface area (Å²) in [6.07, 6.45) is 8.46. The summed E-state index contributed by atoms with van der Waals surface area (Å²) in [6.45, 7) is 2.03. The number of hydrogen-bond acceptors (Lipinski definition) is 3. The summed E-state index contributed by atoms with van der Waals surface area (Å²) in [7, 11) is 3.43. The summed E-state index contributed by atoms with van der Waals surface area (Å²) >= 11 is 0. The molecule has 0 aliphatic heterocycles. The second kappa shape index (κ2) is 8.83. The molecule has 28 heavy (non-hydrogen) atoms. The molecule has 1 aromatic heterocycles. The topological polar surface area (TPSA) is 62.3 Å². The monoisotopic (exact) mass is 377 g/mol. The summed E-state index contributed by atoms with van der Waals surface area (Å²) < 4.78 is 0. The fraction of sp³-hybridized carbons (Fsp3) is 0.348. The molecular formula is C23H27N3O2. The van der Waals surface area contributed by atoms with Crippen LogP contribution in [-0.4, -0.2) is 41.8 Å². The lowest BCUT2D eigenvalue weighted by Crippen LogP contribution is -2.34. The van der Waals surface area contributed by atoms with Crippen molar-refractivity contribution in [3.05, 3.63) is 65.4 Å². The molecule has 1 atom stereocenters. The van der Waals surface area contributed by atoms with Crippen molar-refractivity contribution in [1.82, 2.24) is 15.2 Å². The van der Waals surface area contributed by atoms with E-state index in [1.54, 1.807) is 44.6 Å². The lowest BCUT2D eigenvalue weighted by atomic mass is 9.94. The van der Waals surface area contributed by atoms with Gasteiger partial charge in [0.15, 0.2) is 0 Å². The molecule has 5 nitrogen and oxygen atoms in total. The third-order valence-electron chi connectivity index (χ3n) is 5.07. The van der Waals surface area contributed by atoms with E-state index in [0.29, 0.717) is 16.8 Å². The minimum Gasteiger partial charge on any atom is -0.346 e. The number of pyridine rings is 1. The van der Waals surface area contributed by atoms with Crippen molar-refractivity contribution < 1.29 is 9.59 Å². The Hall–Kier alpha value is -2.95. The number of nitrogens with zero attached hydrogens (tertiary/aromatic N) is 2. The van der Waals surface area contributed by atoms with E-state index in [1.165, 1.54) is 23.3 Å². The summed E-state index contributed by atoms with van der Waals surface area (Å²) in [5.74, 6) is -0.229. The highest BCUT2D eigenvalue weighted by atomic mass is 16.2. The van der Waals surface area contributed by atoms with E-state index in [4.69, 9.17) is 0 Å². The van der Waals surface area contributed by atoms with Crippen LogP contribution in [0.3, 0.4) is 0 Å². The van der Waals surface area contributed by atoms with Gasteiger partial charge in [-0.1, -0.05) is 23.8 Å². The largest absolute Gasteiger partial charge is 0.346 e. The Balaban J connectivity index is 1.84. The number of carbonyl (C=O) groups is 2. The molecule has 2 aromatic rings. The first-order valence-corrected chi connectivity index (χ1v) is 9.74. The second-order valence-electron chi connectivity index (χ2n) is 7.40. The molecule has 1 aromatic carbocycles. The molecule has 1 aliphatic rings. The maximum absolute atomic E-state index is 12.8. The molecule has 0 saturated heterocycles. The van der Waals surface area contributed by atoms with Crippen molar-refractivity contribution in [1.29, 1.82) is 0 Å². The average Bonchev–Trinajstić information content (AvgIpc) is 2.73. The normalized spacial score (nSPS) is 14.8. The Kier molecular flexibility index (Phi) is 6.24. The first-order chi connectivity index (χ1) is 13.5. The van der Waals surface area contributed by atoms with Gasteiger partial charge in [-0.05, 0) is 56.9 Å². The van der Waals surface area contributed by atoms with Crippen LogP contribution in [-0.2, 0) is 0 Å². The van der Waals surface area contributed by atoms with E-state index >= 15 is 0 Å². The zero-order valence-corrected chi connectivity index (χ0v) is 16.7. The summed E-state index contributed by atoms with van der Waals surface area (Å²) in [6, 6.07) is 10.8. The van der Waals surface area contributed by atoms with E-state index < -0.39 is 0 Å². The highest BCUT2D eigenvalue weighted by molar-refractivity contribution is 6.01. The van der Waals surface area contributed by atoms with E-state index in [-0.39, 0.29) is 17.9 Å². The molecule has 0 unspecified atom stereocenters. The SMILES string of the molecule is C[C@@H](NC(=O)c1cccc(-c2ncccc2C(=O)N(C)C)c1)C1=CCCCC1. The lowest BCUT2D eigenvalue weighted by molar-refractivity contribution is 0.0827. The molecular weight excluding hydrogens is 350 g/mol. The lowest BCUT2D eigenvalue weighted by Gasteiger charge is -2.21. The second-order valence-corrected chi connectivity index (χ2v) is 7.40. The van der Waals surface area contributed by atoms with Crippen molar-refractivity contribution in [2.75, 3.05) is 14.1 Å². The number of nitrogens with one attached hydrogen (secondary N) is 1. The zero-order valence-electron chi connectivity index (χ0n) is 16.7. The molecule has 1 N–H and O–H groups in total. The van der Waals surface area contributed by atoms with Gasteiger partial charge in [0.05, 0.1) is 11.3 Å². The number of benzene rings is 1. The fourth-order valence-electron chi connectivity index (χ4n) is 3.49. The number of hydrogen-bond donors (Lipinski definition) is 1. The standard InChI is InChI=1S/C23H27N3O2/c1-16(17-9-5-4-6-10-17)25-22(27)19-12-7-11-18(15-19)21-20(13-8-14-24-21)23(28)26(2)3/h7-9,11-16H,4-6,10H2,1-3H3,(H,25,27)/t16-/m1/s1. The molecule has 0 fully saturated rings. The molecule has 146 valence electrons. The van der Waals surface area contributed by atoms with Crippen LogP contribution >= 0.6 is 0 Å². The van der Waals surface area contributed by atoms with Crippen LogP contribution in [0.15, 0.2) is 54.2 Å². The predicted molar refractivity (Wildman–Crippen MR) is 111 cm³/mol. The molecule has 3 rings (SSSR count). The summed E-state index contributed by atoms with van der Waals surface area (Å²) in [5, 5.41) is 3.10. The number of rotatable bonds is 5. The van der Waals surface area contributed by atoms with Crippen molar-refractivity contribution in [2.45, 2.75) is 38.6 Å². The Morgan fingerprint density at radius 1 is 1.14 bits per heavy atom. The predicted octanol–water partition coefficient (Wildman–Crippen LogP) is 4.07. The number of amides is 2. The van der Waals surface area contributed by atoms with Gasteiger partial charge in [-0.25, -0.2) is 0 Å². The van der Waals surface area contributed by atoms with E-state index in [2.05, 4.69) is 16.4 Å². The van der Waals surface area contributed by atoms with E-state index in [1.807, 2.05) is 19.1 Å². The van der Waals surface area contributed by atoms with E-state index in [9.17, 15) is 9.59 Å². The van der Waals surface area contributed by atoms with Gasteiger partial charge in [-0.3, -0.25) is 14.6 Å². The number of carbonyl (C=O) groups excluding carboxylic acids is 2. The Morgan fingerprint density at radius 3 is 2.68 bits per heavy atom. The van der Waals surface area contributed by atoms with Crippen LogP contribution < -0.4 is 5.32 Å². The van der Waals surface area contributed by atoms with Crippen molar-refractivity contribution in [3.63, 3.8) is 0 Å². The van der Waals surface area contributed by atoms with Crippen LogP contribution in [0.4, 0.5) is 0 Å². The first-order valence-electron chi connectivity index (χ1n) is 9.74. The molecule has 5 heteroatoms. The van der Waals surface area contributed by atoms with Crippen molar-refractivity contribution in [3.8, 4) is 11.3 Å². The highest BCUT2D eigenvalue weighted by Gasteiger charge is 2.18. The zero-order chi connectivity index (χ0) is 20.1. The van der Waals surface area contributed by atoms with Gasteiger partial charge in [0, 0.05) is 37.5 Å². The van der Waals surface area contributed by atoms with E-state index in [0.717, 1.165) is 18.4 Å². The Bertz CT molecular complexity index is 902. The highest BCUT2D eigenvalue weighted by Crippen LogP contribution is 2.24. The molecule has 0 saturated carbocycles. The summed E-state index contributed by atoms with van der Waals surface area (Å²) in [4.78, 5) is 31.2. The van der Waals surface area contributed by atoms with Crippen LogP contribution in [0.2, 0.25) is 0 Å². The quantitative estimate of drug-likeness (QED) is 0.799. The van der Waals surface area contributed by atoms with Gasteiger partial charge in [-0.2, -0.15) is 0 Å². The minimum absolute atomic E-state index is 0.0252. The van der Waals surface area contributed by atoms with Crippen LogP contribution in [0.1, 0.15) is 53.3 Å². The average molecular weight is 377 g/mol. The maximum atomic E-state index is 12.8. The number of allylic oxidation sites excluding steroid dienone is 1. The molecule has 0 radical (unpaired) electrons. The Morgan fingerprint density at radius 2 is 1.96 bits per heavy atom. The fourth-order valence-corrected chi connectivity index (χ4v) is 3.49. The van der Waals surface area contributed by atoms with Gasteiger partial charge >= 0.3 is 0 Å². The van der Waals surface area contributed by atoms with Gasteiger partial charge in [0.25, 0.3) is 11.8 Å². The smallest absolute Gasteiger partial charge is 0.255 e. The third-order valence-corrected chi connectivity index (χ3v) is 5.07. The molecule has 1 heterocycles. The minimum atomic E-state index is -0.115. The van der Waals surface area contributed by atoms with Crippen LogP contribution in [0, 0.1) is 0 Å². The molecule has 0 bridgehead atoms. The molecule has 0 spiro atoms. The molecule has 1 aliphatic carbocycles. The van der Waals surface area contributed by atoms with Gasteiger partial charge in [-0.15, -0.1) is 0 Å². The van der Waals surface area contributed by atoms with Gasteiger partial charge in [0.1, 0.15) is 0 Å². The molecule has 2 amide bonds. The Labute approximate surface area is 166 Å². The van der Waals surface area contributed by atoms with Crippen molar-refractivity contribution >= 4 is 11.8 Å². The maximum Gasteiger partial charge on any atom is 0.255 e. The van der Waals surface area contributed by atoms with Crippen molar-refractivity contribution in [2.24, 2.45) is 0 Å².